The second-order valence-electron chi connectivity index (χ2n) is 5.82. The molecule has 0 aliphatic heterocycles. The van der Waals surface area contributed by atoms with Crippen LogP contribution >= 0.6 is 0 Å². The molecule has 128 valence electrons. The zero-order valence-corrected chi connectivity index (χ0v) is 14.2. The van der Waals surface area contributed by atoms with Crippen molar-refractivity contribution < 1.29 is 4.92 Å². The standard InChI is InChI=1S/C17H18N6O2/c1-11-7-8-18-17(19-11)22(3)10-15-20-12(2)16(21-15)13-5-4-6-14(9-13)23(24)25/h4-9H,10H2,1-3H3,(H,20,21). The molecule has 0 aliphatic carbocycles. The summed E-state index contributed by atoms with van der Waals surface area (Å²) in [6.45, 7) is 4.31. The Morgan fingerprint density at radius 3 is 2.76 bits per heavy atom. The molecule has 25 heavy (non-hydrogen) atoms. The van der Waals surface area contributed by atoms with Crippen molar-refractivity contribution in [3.63, 3.8) is 0 Å². The summed E-state index contributed by atoms with van der Waals surface area (Å²) in [7, 11) is 1.89. The highest BCUT2D eigenvalue weighted by molar-refractivity contribution is 5.64. The third kappa shape index (κ3) is 3.63. The number of aromatic amines is 1. The van der Waals surface area contributed by atoms with Gasteiger partial charge in [-0.1, -0.05) is 12.1 Å². The molecule has 0 amide bonds. The quantitative estimate of drug-likeness (QED) is 0.567. The van der Waals surface area contributed by atoms with Crippen molar-refractivity contribution in [2.45, 2.75) is 20.4 Å². The molecule has 2 aromatic heterocycles. The van der Waals surface area contributed by atoms with E-state index >= 15 is 0 Å². The molecule has 2 heterocycles. The van der Waals surface area contributed by atoms with Gasteiger partial charge in [-0.05, 0) is 19.9 Å². The lowest BCUT2D eigenvalue weighted by Gasteiger charge is -2.15. The number of nitrogens with one attached hydrogen (secondary N) is 1. The largest absolute Gasteiger partial charge is 0.344 e. The smallest absolute Gasteiger partial charge is 0.270 e. The van der Waals surface area contributed by atoms with Crippen molar-refractivity contribution in [2.24, 2.45) is 0 Å². The minimum Gasteiger partial charge on any atom is -0.344 e. The third-order valence-electron chi connectivity index (χ3n) is 3.77. The monoisotopic (exact) mass is 338 g/mol. The number of imidazole rings is 1. The molecular formula is C17H18N6O2. The second-order valence-corrected chi connectivity index (χ2v) is 5.82. The Morgan fingerprint density at radius 1 is 1.24 bits per heavy atom. The molecule has 0 fully saturated rings. The van der Waals surface area contributed by atoms with Crippen molar-refractivity contribution in [2.75, 3.05) is 11.9 Å². The minimum absolute atomic E-state index is 0.0479. The summed E-state index contributed by atoms with van der Waals surface area (Å²) in [5.41, 5.74) is 3.21. The summed E-state index contributed by atoms with van der Waals surface area (Å²) in [6.07, 6.45) is 1.72. The summed E-state index contributed by atoms with van der Waals surface area (Å²) in [5, 5.41) is 11.0. The van der Waals surface area contributed by atoms with Gasteiger partial charge in [-0.3, -0.25) is 10.1 Å². The van der Waals surface area contributed by atoms with Gasteiger partial charge in [0, 0.05) is 42.3 Å². The van der Waals surface area contributed by atoms with Crippen molar-refractivity contribution in [3.8, 4) is 11.3 Å². The molecule has 8 heteroatoms. The molecule has 8 nitrogen and oxygen atoms in total. The Balaban J connectivity index is 1.85. The maximum Gasteiger partial charge on any atom is 0.270 e. The van der Waals surface area contributed by atoms with E-state index in [2.05, 4.69) is 19.9 Å². The van der Waals surface area contributed by atoms with Gasteiger partial charge in [0.25, 0.3) is 5.69 Å². The highest BCUT2D eigenvalue weighted by Crippen LogP contribution is 2.25. The Bertz CT molecular complexity index is 921. The second kappa shape index (κ2) is 6.68. The number of aromatic nitrogens is 4. The Morgan fingerprint density at radius 2 is 2.04 bits per heavy atom. The van der Waals surface area contributed by atoms with Gasteiger partial charge >= 0.3 is 0 Å². The van der Waals surface area contributed by atoms with E-state index in [-0.39, 0.29) is 5.69 Å². The zero-order valence-electron chi connectivity index (χ0n) is 14.2. The SMILES string of the molecule is Cc1ccnc(N(C)Cc2nc(-c3cccc([N+](=O)[O-])c3)c(C)[nH]2)n1. The van der Waals surface area contributed by atoms with Crippen molar-refractivity contribution in [1.82, 2.24) is 19.9 Å². The number of aryl methyl sites for hydroxylation is 2. The van der Waals surface area contributed by atoms with Gasteiger partial charge in [0.2, 0.25) is 5.95 Å². The molecule has 0 radical (unpaired) electrons. The fraction of sp³-hybridized carbons (Fsp3) is 0.235. The van der Waals surface area contributed by atoms with E-state index in [1.165, 1.54) is 12.1 Å². The maximum absolute atomic E-state index is 11.0. The van der Waals surface area contributed by atoms with Gasteiger partial charge < -0.3 is 9.88 Å². The minimum atomic E-state index is -0.407. The Hall–Kier alpha value is -3.29. The zero-order chi connectivity index (χ0) is 18.0. The van der Waals surface area contributed by atoms with Crippen LogP contribution in [0.1, 0.15) is 17.2 Å². The lowest BCUT2D eigenvalue weighted by atomic mass is 10.1. The summed E-state index contributed by atoms with van der Waals surface area (Å²) >= 11 is 0. The Kier molecular flexibility index (Phi) is 4.42. The number of non-ortho nitro benzene ring substituents is 1. The molecule has 0 saturated heterocycles. The molecule has 0 spiro atoms. The van der Waals surface area contributed by atoms with E-state index in [0.717, 1.165) is 17.2 Å². The van der Waals surface area contributed by atoms with Crippen LogP contribution in [-0.2, 0) is 6.54 Å². The van der Waals surface area contributed by atoms with Crippen LogP contribution in [0.2, 0.25) is 0 Å². The summed E-state index contributed by atoms with van der Waals surface area (Å²) in [6, 6.07) is 8.31. The molecule has 1 N–H and O–H groups in total. The number of anilines is 1. The molecular weight excluding hydrogens is 320 g/mol. The summed E-state index contributed by atoms with van der Waals surface area (Å²) in [4.78, 5) is 28.9. The van der Waals surface area contributed by atoms with Crippen LogP contribution in [0.4, 0.5) is 11.6 Å². The van der Waals surface area contributed by atoms with E-state index in [1.807, 2.05) is 37.9 Å². The van der Waals surface area contributed by atoms with Gasteiger partial charge in [0.05, 0.1) is 17.2 Å². The molecule has 3 aromatic rings. The first-order valence-electron chi connectivity index (χ1n) is 7.75. The van der Waals surface area contributed by atoms with Crippen LogP contribution in [0.5, 0.6) is 0 Å². The first-order chi connectivity index (χ1) is 11.9. The van der Waals surface area contributed by atoms with Gasteiger partial charge in [-0.15, -0.1) is 0 Å². The molecule has 3 rings (SSSR count). The van der Waals surface area contributed by atoms with Crippen LogP contribution in [0.15, 0.2) is 36.5 Å². The van der Waals surface area contributed by atoms with E-state index in [9.17, 15) is 10.1 Å². The van der Waals surface area contributed by atoms with Gasteiger partial charge in [-0.2, -0.15) is 0 Å². The number of benzene rings is 1. The van der Waals surface area contributed by atoms with Crippen LogP contribution in [0.25, 0.3) is 11.3 Å². The summed E-state index contributed by atoms with van der Waals surface area (Å²) < 4.78 is 0. The van der Waals surface area contributed by atoms with E-state index in [1.54, 1.807) is 12.3 Å². The van der Waals surface area contributed by atoms with Crippen molar-refractivity contribution in [1.29, 1.82) is 0 Å². The van der Waals surface area contributed by atoms with Gasteiger partial charge in [-0.25, -0.2) is 15.0 Å². The number of nitro groups is 1. The summed E-state index contributed by atoms with van der Waals surface area (Å²) in [5.74, 6) is 1.36. The first-order valence-corrected chi connectivity index (χ1v) is 7.75. The fourth-order valence-corrected chi connectivity index (χ4v) is 2.56. The maximum atomic E-state index is 11.0. The van der Waals surface area contributed by atoms with Crippen LogP contribution in [0, 0.1) is 24.0 Å². The average molecular weight is 338 g/mol. The van der Waals surface area contributed by atoms with Gasteiger partial charge in [0.1, 0.15) is 5.82 Å². The predicted molar refractivity (Wildman–Crippen MR) is 94.3 cm³/mol. The number of hydrogen-bond acceptors (Lipinski definition) is 6. The van der Waals surface area contributed by atoms with Crippen molar-refractivity contribution in [3.05, 3.63) is 63.9 Å². The average Bonchev–Trinajstić information content (AvgIpc) is 2.95. The fourth-order valence-electron chi connectivity index (χ4n) is 2.56. The highest BCUT2D eigenvalue weighted by atomic mass is 16.6. The number of H-pyrrole nitrogens is 1. The topological polar surface area (TPSA) is 101 Å². The first kappa shape index (κ1) is 16.6. The number of rotatable bonds is 5. The van der Waals surface area contributed by atoms with Crippen molar-refractivity contribution >= 4 is 11.6 Å². The lowest BCUT2D eigenvalue weighted by Crippen LogP contribution is -2.20. The number of hydrogen-bond donors (Lipinski definition) is 1. The van der Waals surface area contributed by atoms with Gasteiger partial charge in [0.15, 0.2) is 0 Å². The van der Waals surface area contributed by atoms with Crippen LogP contribution in [-0.4, -0.2) is 31.9 Å². The normalized spacial score (nSPS) is 10.7. The molecule has 0 bridgehead atoms. The van der Waals surface area contributed by atoms with Crippen LogP contribution in [0.3, 0.4) is 0 Å². The number of nitrogens with zero attached hydrogens (tertiary/aromatic N) is 5. The van der Waals surface area contributed by atoms with E-state index in [0.29, 0.717) is 23.8 Å². The van der Waals surface area contributed by atoms with E-state index in [4.69, 9.17) is 0 Å². The lowest BCUT2D eigenvalue weighted by molar-refractivity contribution is -0.384. The molecule has 0 aliphatic rings. The molecule has 0 saturated carbocycles. The molecule has 0 atom stereocenters. The Labute approximate surface area is 144 Å². The third-order valence-corrected chi connectivity index (χ3v) is 3.77. The highest BCUT2D eigenvalue weighted by Gasteiger charge is 2.14. The molecule has 0 unspecified atom stereocenters. The van der Waals surface area contributed by atoms with E-state index < -0.39 is 4.92 Å². The molecule has 1 aromatic carbocycles. The predicted octanol–water partition coefficient (Wildman–Crippen LogP) is 3.03. The number of nitro benzene ring substituents is 1. The van der Waals surface area contributed by atoms with Crippen LogP contribution < -0.4 is 4.90 Å².